The fourth-order valence-electron chi connectivity index (χ4n) is 1.55. The van der Waals surface area contributed by atoms with Crippen LogP contribution in [0.2, 0.25) is 0 Å². The van der Waals surface area contributed by atoms with Gasteiger partial charge in [0.2, 0.25) is 0 Å². The first-order valence-corrected chi connectivity index (χ1v) is 5.24. The maximum atomic E-state index is 12.9. The van der Waals surface area contributed by atoms with Gasteiger partial charge in [0.05, 0.1) is 0 Å². The van der Waals surface area contributed by atoms with E-state index in [9.17, 15) is 8.78 Å². The Morgan fingerprint density at radius 1 is 1.27 bits per heavy atom. The summed E-state index contributed by atoms with van der Waals surface area (Å²) >= 11 is 0. The number of nitrogens with one attached hydrogen (secondary N) is 1. The Balaban J connectivity index is 1.85. The van der Waals surface area contributed by atoms with Gasteiger partial charge in [-0.05, 0) is 36.0 Å². The molecular formula is C12H15F2N. The summed E-state index contributed by atoms with van der Waals surface area (Å²) in [6.07, 6.45) is 2.52. The molecule has 3 heteroatoms. The smallest absolute Gasteiger partial charge is 0.159 e. The molecule has 1 N–H and O–H groups in total. The van der Waals surface area contributed by atoms with E-state index in [1.807, 2.05) is 0 Å². The second-order valence-corrected chi connectivity index (χ2v) is 4.66. The lowest BCUT2D eigenvalue weighted by Crippen LogP contribution is -2.21. The first-order valence-electron chi connectivity index (χ1n) is 5.24. The van der Waals surface area contributed by atoms with Gasteiger partial charge in [0.15, 0.2) is 11.6 Å². The molecule has 1 fully saturated rings. The Morgan fingerprint density at radius 3 is 2.60 bits per heavy atom. The quantitative estimate of drug-likeness (QED) is 0.807. The summed E-state index contributed by atoms with van der Waals surface area (Å²) in [5.74, 6) is -1.56. The first-order chi connectivity index (χ1) is 7.09. The second kappa shape index (κ2) is 3.89. The molecule has 0 bridgehead atoms. The lowest BCUT2D eigenvalue weighted by molar-refractivity contribution is 0.491. The van der Waals surface area contributed by atoms with Gasteiger partial charge in [0, 0.05) is 13.1 Å². The van der Waals surface area contributed by atoms with Gasteiger partial charge < -0.3 is 5.32 Å². The fraction of sp³-hybridized carbons (Fsp3) is 0.500. The van der Waals surface area contributed by atoms with Crippen molar-refractivity contribution >= 4 is 0 Å². The van der Waals surface area contributed by atoms with Gasteiger partial charge in [0.25, 0.3) is 0 Å². The van der Waals surface area contributed by atoms with E-state index < -0.39 is 11.6 Å². The Hall–Kier alpha value is -0.960. The lowest BCUT2D eigenvalue weighted by Gasteiger charge is -2.09. The molecule has 0 aromatic heterocycles. The summed E-state index contributed by atoms with van der Waals surface area (Å²) in [4.78, 5) is 0. The van der Waals surface area contributed by atoms with Gasteiger partial charge in [-0.1, -0.05) is 13.0 Å². The SMILES string of the molecule is CC1(CNCc2ccc(F)c(F)c2)CC1. The van der Waals surface area contributed by atoms with Crippen molar-refractivity contribution in [3.63, 3.8) is 0 Å². The molecule has 0 saturated heterocycles. The van der Waals surface area contributed by atoms with Crippen LogP contribution >= 0.6 is 0 Å². The highest BCUT2D eigenvalue weighted by Gasteiger charge is 2.36. The van der Waals surface area contributed by atoms with Crippen LogP contribution < -0.4 is 5.32 Å². The van der Waals surface area contributed by atoms with E-state index in [0.29, 0.717) is 12.0 Å². The van der Waals surface area contributed by atoms with Crippen molar-refractivity contribution in [1.82, 2.24) is 5.32 Å². The van der Waals surface area contributed by atoms with Crippen LogP contribution in [-0.2, 0) is 6.54 Å². The van der Waals surface area contributed by atoms with E-state index >= 15 is 0 Å². The average molecular weight is 211 g/mol. The monoisotopic (exact) mass is 211 g/mol. The normalized spacial score (nSPS) is 17.8. The summed E-state index contributed by atoms with van der Waals surface area (Å²) in [6.45, 7) is 3.78. The molecule has 1 nitrogen and oxygen atoms in total. The number of hydrogen-bond acceptors (Lipinski definition) is 1. The molecule has 0 atom stereocenters. The van der Waals surface area contributed by atoms with Crippen LogP contribution in [0.5, 0.6) is 0 Å². The molecule has 1 aromatic rings. The molecule has 0 spiro atoms. The van der Waals surface area contributed by atoms with Gasteiger partial charge in [-0.25, -0.2) is 8.78 Å². The molecule has 1 aliphatic carbocycles. The Morgan fingerprint density at radius 2 is 2.00 bits per heavy atom. The molecule has 1 aliphatic rings. The highest BCUT2D eigenvalue weighted by Crippen LogP contribution is 2.44. The largest absolute Gasteiger partial charge is 0.312 e. The van der Waals surface area contributed by atoms with Gasteiger partial charge in [-0.2, -0.15) is 0 Å². The Labute approximate surface area is 88.5 Å². The predicted molar refractivity (Wildman–Crippen MR) is 55.4 cm³/mol. The zero-order valence-corrected chi connectivity index (χ0v) is 8.82. The van der Waals surface area contributed by atoms with Crippen molar-refractivity contribution in [3.05, 3.63) is 35.4 Å². The van der Waals surface area contributed by atoms with Crippen LogP contribution in [0.4, 0.5) is 8.78 Å². The molecule has 82 valence electrons. The van der Waals surface area contributed by atoms with Crippen LogP contribution in [0.15, 0.2) is 18.2 Å². The van der Waals surface area contributed by atoms with Crippen molar-refractivity contribution in [3.8, 4) is 0 Å². The van der Waals surface area contributed by atoms with Gasteiger partial charge >= 0.3 is 0 Å². The topological polar surface area (TPSA) is 12.0 Å². The van der Waals surface area contributed by atoms with Crippen LogP contribution in [0.25, 0.3) is 0 Å². The Bertz CT molecular complexity index is 359. The summed E-state index contributed by atoms with van der Waals surface area (Å²) < 4.78 is 25.5. The summed E-state index contributed by atoms with van der Waals surface area (Å²) in [6, 6.07) is 4.03. The molecule has 0 amide bonds. The zero-order chi connectivity index (χ0) is 10.9. The van der Waals surface area contributed by atoms with Gasteiger partial charge in [-0.3, -0.25) is 0 Å². The number of halogens is 2. The average Bonchev–Trinajstić information content (AvgIpc) is 2.90. The Kier molecular flexibility index (Phi) is 2.74. The van der Waals surface area contributed by atoms with Crippen LogP contribution in [0, 0.1) is 17.0 Å². The summed E-state index contributed by atoms with van der Waals surface area (Å²) in [5.41, 5.74) is 1.23. The number of rotatable bonds is 4. The van der Waals surface area contributed by atoms with Gasteiger partial charge in [-0.15, -0.1) is 0 Å². The minimum atomic E-state index is -0.784. The zero-order valence-electron chi connectivity index (χ0n) is 8.82. The van der Waals surface area contributed by atoms with Crippen molar-refractivity contribution in [2.75, 3.05) is 6.54 Å². The van der Waals surface area contributed by atoms with E-state index in [1.54, 1.807) is 6.07 Å². The third kappa shape index (κ3) is 2.75. The molecular weight excluding hydrogens is 196 g/mol. The minimum absolute atomic E-state index is 0.443. The van der Waals surface area contributed by atoms with Crippen molar-refractivity contribution in [2.24, 2.45) is 5.41 Å². The lowest BCUT2D eigenvalue weighted by atomic mass is 10.1. The molecule has 1 saturated carbocycles. The number of benzene rings is 1. The van der Waals surface area contributed by atoms with Crippen LogP contribution in [-0.4, -0.2) is 6.54 Å². The first kappa shape index (κ1) is 10.6. The minimum Gasteiger partial charge on any atom is -0.312 e. The van der Waals surface area contributed by atoms with Crippen molar-refractivity contribution in [2.45, 2.75) is 26.3 Å². The number of hydrogen-bond donors (Lipinski definition) is 1. The van der Waals surface area contributed by atoms with E-state index in [1.165, 1.54) is 25.0 Å². The molecule has 0 aliphatic heterocycles. The predicted octanol–water partition coefficient (Wildman–Crippen LogP) is 2.85. The molecule has 1 aromatic carbocycles. The molecule has 15 heavy (non-hydrogen) atoms. The van der Waals surface area contributed by atoms with Crippen molar-refractivity contribution < 1.29 is 8.78 Å². The fourth-order valence-corrected chi connectivity index (χ4v) is 1.55. The summed E-state index contributed by atoms with van der Waals surface area (Å²) in [7, 11) is 0. The van der Waals surface area contributed by atoms with E-state index in [4.69, 9.17) is 0 Å². The van der Waals surface area contributed by atoms with Crippen LogP contribution in [0.3, 0.4) is 0 Å². The highest BCUT2D eigenvalue weighted by molar-refractivity contribution is 5.17. The van der Waals surface area contributed by atoms with Crippen LogP contribution in [0.1, 0.15) is 25.3 Å². The van der Waals surface area contributed by atoms with E-state index in [-0.39, 0.29) is 0 Å². The standard InChI is InChI=1S/C12H15F2N/c1-12(4-5-12)8-15-7-9-2-3-10(13)11(14)6-9/h2-3,6,15H,4-5,7-8H2,1H3. The van der Waals surface area contributed by atoms with E-state index in [2.05, 4.69) is 12.2 Å². The summed E-state index contributed by atoms with van der Waals surface area (Å²) in [5, 5.41) is 3.26. The third-order valence-electron chi connectivity index (χ3n) is 2.97. The maximum absolute atomic E-state index is 12.9. The second-order valence-electron chi connectivity index (χ2n) is 4.66. The van der Waals surface area contributed by atoms with Gasteiger partial charge in [0.1, 0.15) is 0 Å². The molecule has 0 unspecified atom stereocenters. The maximum Gasteiger partial charge on any atom is 0.159 e. The molecule has 0 heterocycles. The van der Waals surface area contributed by atoms with Crippen molar-refractivity contribution in [1.29, 1.82) is 0 Å². The third-order valence-corrected chi connectivity index (χ3v) is 2.97. The molecule has 2 rings (SSSR count). The van der Waals surface area contributed by atoms with E-state index in [0.717, 1.165) is 12.1 Å². The molecule has 0 radical (unpaired) electrons. The highest BCUT2D eigenvalue weighted by atomic mass is 19.2.